The lowest BCUT2D eigenvalue weighted by molar-refractivity contribution is 0.119. The molecule has 2 nitrogen and oxygen atoms in total. The van der Waals surface area contributed by atoms with Crippen LogP contribution in [0.5, 0.6) is 0 Å². The molecule has 1 aromatic rings. The van der Waals surface area contributed by atoms with Gasteiger partial charge in [0, 0.05) is 12.5 Å². The molecule has 1 aromatic carbocycles. The van der Waals surface area contributed by atoms with Gasteiger partial charge in [-0.3, -0.25) is 0 Å². The van der Waals surface area contributed by atoms with Crippen molar-refractivity contribution in [3.63, 3.8) is 0 Å². The second-order valence-electron chi connectivity index (χ2n) is 6.15. The van der Waals surface area contributed by atoms with Gasteiger partial charge in [-0.15, -0.1) is 0 Å². The highest BCUT2D eigenvalue weighted by Crippen LogP contribution is 2.34. The summed E-state index contributed by atoms with van der Waals surface area (Å²) >= 11 is 0. The standard InChI is InChI=1S/C21H30O2/c1-8-18(14-15-20(9-2)23-7)21(4,5)19-12-10-17(11-13-19)16(3)22-6/h9-16H,2,8H2,1,3-7H3/b18-14+,20-15+. The summed E-state index contributed by atoms with van der Waals surface area (Å²) in [6.45, 7) is 12.5. The van der Waals surface area contributed by atoms with Crippen molar-refractivity contribution in [3.8, 4) is 0 Å². The first-order chi connectivity index (χ1) is 10.9. The summed E-state index contributed by atoms with van der Waals surface area (Å²) in [5.74, 6) is 0.774. The van der Waals surface area contributed by atoms with Crippen LogP contribution in [0.3, 0.4) is 0 Å². The molecule has 0 aliphatic carbocycles. The summed E-state index contributed by atoms with van der Waals surface area (Å²) in [6, 6.07) is 8.70. The molecular weight excluding hydrogens is 284 g/mol. The van der Waals surface area contributed by atoms with Crippen LogP contribution < -0.4 is 0 Å². The van der Waals surface area contributed by atoms with E-state index in [-0.39, 0.29) is 11.5 Å². The Morgan fingerprint density at radius 3 is 2.22 bits per heavy atom. The van der Waals surface area contributed by atoms with E-state index >= 15 is 0 Å². The molecule has 0 saturated heterocycles. The third-order valence-electron chi connectivity index (χ3n) is 4.52. The molecule has 0 spiro atoms. The molecule has 126 valence electrons. The van der Waals surface area contributed by atoms with Crippen LogP contribution in [0, 0.1) is 0 Å². The molecule has 0 aliphatic heterocycles. The fourth-order valence-corrected chi connectivity index (χ4v) is 2.66. The molecule has 0 heterocycles. The van der Waals surface area contributed by atoms with Gasteiger partial charge < -0.3 is 9.47 Å². The predicted octanol–water partition coefficient (Wildman–Crippen LogP) is 5.72. The van der Waals surface area contributed by atoms with Gasteiger partial charge in [-0.05, 0) is 36.6 Å². The quantitative estimate of drug-likeness (QED) is 0.451. The zero-order chi connectivity index (χ0) is 17.5. The summed E-state index contributed by atoms with van der Waals surface area (Å²) in [6.07, 6.45) is 6.94. The Bertz CT molecular complexity index is 562. The maximum Gasteiger partial charge on any atom is 0.118 e. The molecule has 0 aliphatic rings. The lowest BCUT2D eigenvalue weighted by Crippen LogP contribution is -2.20. The smallest absolute Gasteiger partial charge is 0.118 e. The topological polar surface area (TPSA) is 18.5 Å². The number of methoxy groups -OCH3 is 2. The van der Waals surface area contributed by atoms with E-state index in [2.05, 4.69) is 64.6 Å². The zero-order valence-electron chi connectivity index (χ0n) is 15.3. The van der Waals surface area contributed by atoms with Gasteiger partial charge >= 0.3 is 0 Å². The van der Waals surface area contributed by atoms with Crippen LogP contribution in [0.1, 0.15) is 51.3 Å². The van der Waals surface area contributed by atoms with Crippen LogP contribution in [0.15, 0.2) is 60.4 Å². The third-order valence-corrected chi connectivity index (χ3v) is 4.52. The molecule has 1 rings (SSSR count). The second kappa shape index (κ2) is 8.73. The second-order valence-corrected chi connectivity index (χ2v) is 6.15. The Kier molecular flexibility index (Phi) is 7.31. The fourth-order valence-electron chi connectivity index (χ4n) is 2.66. The first-order valence-corrected chi connectivity index (χ1v) is 8.11. The van der Waals surface area contributed by atoms with Crippen molar-refractivity contribution >= 4 is 0 Å². The van der Waals surface area contributed by atoms with Crippen LogP contribution >= 0.6 is 0 Å². The van der Waals surface area contributed by atoms with Crippen molar-refractivity contribution in [2.45, 2.75) is 45.6 Å². The Balaban J connectivity index is 3.14. The van der Waals surface area contributed by atoms with E-state index in [0.717, 1.165) is 12.2 Å². The Labute approximate surface area is 141 Å². The van der Waals surface area contributed by atoms with Crippen LogP contribution in [0.4, 0.5) is 0 Å². The summed E-state index contributed by atoms with van der Waals surface area (Å²) in [4.78, 5) is 0. The Morgan fingerprint density at radius 2 is 1.78 bits per heavy atom. The largest absolute Gasteiger partial charge is 0.497 e. The molecule has 0 fully saturated rings. The number of allylic oxidation sites excluding steroid dienone is 4. The van der Waals surface area contributed by atoms with Crippen molar-refractivity contribution in [2.75, 3.05) is 14.2 Å². The summed E-state index contributed by atoms with van der Waals surface area (Å²) in [7, 11) is 3.40. The van der Waals surface area contributed by atoms with Crippen molar-refractivity contribution in [1.82, 2.24) is 0 Å². The molecule has 0 radical (unpaired) electrons. The monoisotopic (exact) mass is 314 g/mol. The molecule has 0 bridgehead atoms. The van der Waals surface area contributed by atoms with Crippen LogP contribution in [0.2, 0.25) is 0 Å². The Morgan fingerprint density at radius 1 is 1.17 bits per heavy atom. The highest BCUT2D eigenvalue weighted by atomic mass is 16.5. The molecule has 1 unspecified atom stereocenters. The summed E-state index contributed by atoms with van der Waals surface area (Å²) in [5, 5.41) is 0. The van der Waals surface area contributed by atoms with Crippen LogP contribution in [0.25, 0.3) is 0 Å². The number of hydrogen-bond donors (Lipinski definition) is 0. The number of hydrogen-bond acceptors (Lipinski definition) is 2. The third kappa shape index (κ3) is 4.84. The minimum absolute atomic E-state index is 0.0416. The first-order valence-electron chi connectivity index (χ1n) is 8.11. The van der Waals surface area contributed by atoms with E-state index in [1.165, 1.54) is 16.7 Å². The fraction of sp³-hybridized carbons (Fsp3) is 0.429. The normalized spacial score (nSPS) is 14.5. The zero-order valence-corrected chi connectivity index (χ0v) is 15.3. The van der Waals surface area contributed by atoms with Gasteiger partial charge in [0.25, 0.3) is 0 Å². The van der Waals surface area contributed by atoms with Crippen molar-refractivity contribution in [1.29, 1.82) is 0 Å². The molecule has 0 amide bonds. The highest BCUT2D eigenvalue weighted by molar-refractivity contribution is 5.38. The average Bonchev–Trinajstić information content (AvgIpc) is 2.58. The minimum atomic E-state index is -0.0416. The molecule has 1 atom stereocenters. The van der Waals surface area contributed by atoms with Gasteiger partial charge in [-0.1, -0.05) is 63.3 Å². The lowest BCUT2D eigenvalue weighted by atomic mass is 9.76. The SMILES string of the molecule is C=C/C(=C\C=C(/CC)C(C)(C)c1ccc(C(C)OC)cc1)OC. The van der Waals surface area contributed by atoms with Gasteiger partial charge in [0.1, 0.15) is 5.76 Å². The summed E-state index contributed by atoms with van der Waals surface area (Å²) < 4.78 is 10.6. The maximum atomic E-state index is 5.38. The maximum absolute atomic E-state index is 5.38. The average molecular weight is 314 g/mol. The van der Waals surface area contributed by atoms with Crippen molar-refractivity contribution in [3.05, 3.63) is 71.5 Å². The molecule has 0 N–H and O–H groups in total. The Hall–Kier alpha value is -1.80. The molecule has 0 saturated carbocycles. The van der Waals surface area contributed by atoms with E-state index in [9.17, 15) is 0 Å². The van der Waals surface area contributed by atoms with E-state index in [1.54, 1.807) is 20.3 Å². The van der Waals surface area contributed by atoms with E-state index < -0.39 is 0 Å². The highest BCUT2D eigenvalue weighted by Gasteiger charge is 2.24. The van der Waals surface area contributed by atoms with E-state index in [0.29, 0.717) is 0 Å². The lowest BCUT2D eigenvalue weighted by Gasteiger charge is -2.29. The van der Waals surface area contributed by atoms with Gasteiger partial charge in [0.2, 0.25) is 0 Å². The molecule has 2 heteroatoms. The minimum Gasteiger partial charge on any atom is -0.497 e. The number of ether oxygens (including phenoxy) is 2. The van der Waals surface area contributed by atoms with Crippen molar-refractivity contribution in [2.24, 2.45) is 0 Å². The van der Waals surface area contributed by atoms with E-state index in [4.69, 9.17) is 9.47 Å². The predicted molar refractivity (Wildman–Crippen MR) is 98.6 cm³/mol. The summed E-state index contributed by atoms with van der Waals surface area (Å²) in [5.41, 5.74) is 3.80. The van der Waals surface area contributed by atoms with Crippen LogP contribution in [-0.4, -0.2) is 14.2 Å². The molecule has 0 aromatic heterocycles. The number of rotatable bonds is 8. The first kappa shape index (κ1) is 19.2. The molecular formula is C21H30O2. The molecule has 23 heavy (non-hydrogen) atoms. The van der Waals surface area contributed by atoms with Gasteiger partial charge in [-0.25, -0.2) is 0 Å². The van der Waals surface area contributed by atoms with Crippen LogP contribution in [-0.2, 0) is 14.9 Å². The van der Waals surface area contributed by atoms with Crippen molar-refractivity contribution < 1.29 is 9.47 Å². The number of benzene rings is 1. The van der Waals surface area contributed by atoms with Gasteiger partial charge in [-0.2, -0.15) is 0 Å². The van der Waals surface area contributed by atoms with E-state index in [1.807, 2.05) is 6.08 Å². The van der Waals surface area contributed by atoms with Gasteiger partial charge in [0.05, 0.1) is 13.2 Å². The van der Waals surface area contributed by atoms with Gasteiger partial charge in [0.15, 0.2) is 0 Å².